The summed E-state index contributed by atoms with van der Waals surface area (Å²) in [6.07, 6.45) is 0. The molecule has 168 valence electrons. The van der Waals surface area contributed by atoms with Crippen molar-refractivity contribution in [3.8, 4) is 11.5 Å². The van der Waals surface area contributed by atoms with E-state index in [0.717, 1.165) is 16.8 Å². The van der Waals surface area contributed by atoms with Crippen molar-refractivity contribution in [2.45, 2.75) is 20.8 Å². The average Bonchev–Trinajstić information content (AvgIpc) is 3.07. The molecule has 0 saturated carbocycles. The van der Waals surface area contributed by atoms with E-state index in [2.05, 4.69) is 5.32 Å². The highest BCUT2D eigenvalue weighted by Gasteiger charge is 2.41. The summed E-state index contributed by atoms with van der Waals surface area (Å²) < 4.78 is 11.0. The first-order valence-corrected chi connectivity index (χ1v) is 10.8. The molecule has 1 N–H and O–H groups in total. The van der Waals surface area contributed by atoms with Crippen LogP contribution in [0.3, 0.4) is 0 Å². The molecule has 3 aromatic carbocycles. The summed E-state index contributed by atoms with van der Waals surface area (Å²) in [5.41, 5.74) is 4.43. The Hall–Kier alpha value is -4.06. The third kappa shape index (κ3) is 4.07. The standard InChI is InChI=1S/C27H26N2O4/c1-5-33-23-12-7-6-11-22(23)29-26(30)24(19-13-15-20(32-4)16-14-19)25(27(29)31)28-21-10-8-9-17(2)18(21)3/h6-16,28H,5H2,1-4H3. The predicted molar refractivity (Wildman–Crippen MR) is 130 cm³/mol. The number of methoxy groups -OCH3 is 1. The summed E-state index contributed by atoms with van der Waals surface area (Å²) >= 11 is 0. The Balaban J connectivity index is 1.85. The maximum absolute atomic E-state index is 13.7. The minimum absolute atomic E-state index is 0.227. The molecule has 0 aliphatic carbocycles. The van der Waals surface area contributed by atoms with Crippen LogP contribution in [-0.4, -0.2) is 25.5 Å². The van der Waals surface area contributed by atoms with Gasteiger partial charge in [0.1, 0.15) is 17.2 Å². The lowest BCUT2D eigenvalue weighted by molar-refractivity contribution is -0.120. The number of nitrogens with one attached hydrogen (secondary N) is 1. The van der Waals surface area contributed by atoms with Gasteiger partial charge >= 0.3 is 0 Å². The number of hydrogen-bond donors (Lipinski definition) is 1. The number of benzene rings is 3. The molecule has 0 fully saturated rings. The Bertz CT molecular complexity index is 1250. The number of carbonyl (C=O) groups is 2. The van der Waals surface area contributed by atoms with E-state index in [1.165, 1.54) is 4.90 Å². The monoisotopic (exact) mass is 442 g/mol. The van der Waals surface area contributed by atoms with Gasteiger partial charge in [0.15, 0.2) is 0 Å². The number of aryl methyl sites for hydroxylation is 1. The van der Waals surface area contributed by atoms with Crippen LogP contribution in [0.2, 0.25) is 0 Å². The van der Waals surface area contributed by atoms with Crippen LogP contribution < -0.4 is 19.7 Å². The van der Waals surface area contributed by atoms with Gasteiger partial charge in [-0.15, -0.1) is 0 Å². The SMILES string of the molecule is CCOc1ccccc1N1C(=O)C(Nc2cccc(C)c2C)=C(c2ccc(OC)cc2)C1=O. The number of carbonyl (C=O) groups excluding carboxylic acids is 2. The lowest BCUT2D eigenvalue weighted by Crippen LogP contribution is -2.32. The third-order valence-electron chi connectivity index (χ3n) is 5.73. The summed E-state index contributed by atoms with van der Waals surface area (Å²) in [7, 11) is 1.58. The first-order valence-electron chi connectivity index (χ1n) is 10.8. The fourth-order valence-corrected chi connectivity index (χ4v) is 3.83. The summed E-state index contributed by atoms with van der Waals surface area (Å²) in [6, 6.07) is 20.0. The van der Waals surface area contributed by atoms with Crippen molar-refractivity contribution < 1.29 is 19.1 Å². The second kappa shape index (κ2) is 9.20. The van der Waals surface area contributed by atoms with Gasteiger partial charge in [-0.05, 0) is 67.8 Å². The van der Waals surface area contributed by atoms with E-state index in [1.54, 1.807) is 49.6 Å². The van der Waals surface area contributed by atoms with E-state index in [0.29, 0.717) is 34.9 Å². The zero-order valence-corrected chi connectivity index (χ0v) is 19.1. The van der Waals surface area contributed by atoms with Gasteiger partial charge in [0.05, 0.1) is 25.0 Å². The maximum atomic E-state index is 13.7. The zero-order chi connectivity index (χ0) is 23.5. The van der Waals surface area contributed by atoms with Gasteiger partial charge in [0.2, 0.25) is 0 Å². The van der Waals surface area contributed by atoms with Gasteiger partial charge in [-0.2, -0.15) is 0 Å². The second-order valence-electron chi connectivity index (χ2n) is 7.70. The predicted octanol–water partition coefficient (Wildman–Crippen LogP) is 5.11. The van der Waals surface area contributed by atoms with Crippen molar-refractivity contribution >= 4 is 28.8 Å². The van der Waals surface area contributed by atoms with Crippen LogP contribution in [0.4, 0.5) is 11.4 Å². The molecule has 33 heavy (non-hydrogen) atoms. The van der Waals surface area contributed by atoms with Crippen LogP contribution in [0, 0.1) is 13.8 Å². The number of para-hydroxylation sites is 2. The molecule has 0 spiro atoms. The number of anilines is 2. The van der Waals surface area contributed by atoms with Gasteiger partial charge in [-0.3, -0.25) is 9.59 Å². The molecule has 0 atom stereocenters. The van der Waals surface area contributed by atoms with Crippen LogP contribution in [0.5, 0.6) is 11.5 Å². The quantitative estimate of drug-likeness (QED) is 0.515. The number of hydrogen-bond acceptors (Lipinski definition) is 5. The Labute approximate surface area is 193 Å². The minimum Gasteiger partial charge on any atom is -0.497 e. The largest absolute Gasteiger partial charge is 0.497 e. The fourth-order valence-electron chi connectivity index (χ4n) is 3.83. The van der Waals surface area contributed by atoms with Crippen molar-refractivity contribution in [1.82, 2.24) is 0 Å². The van der Waals surface area contributed by atoms with E-state index >= 15 is 0 Å². The lowest BCUT2D eigenvalue weighted by Gasteiger charge is -2.19. The van der Waals surface area contributed by atoms with Gasteiger partial charge in [-0.25, -0.2) is 4.90 Å². The lowest BCUT2D eigenvalue weighted by atomic mass is 10.0. The van der Waals surface area contributed by atoms with E-state index in [4.69, 9.17) is 9.47 Å². The van der Waals surface area contributed by atoms with Crippen molar-refractivity contribution in [1.29, 1.82) is 0 Å². The van der Waals surface area contributed by atoms with Crippen LogP contribution in [-0.2, 0) is 9.59 Å². The Morgan fingerprint density at radius 3 is 2.30 bits per heavy atom. The number of rotatable bonds is 7. The molecule has 0 unspecified atom stereocenters. The molecule has 0 aromatic heterocycles. The summed E-state index contributed by atoms with van der Waals surface area (Å²) in [4.78, 5) is 28.6. The third-order valence-corrected chi connectivity index (χ3v) is 5.73. The molecule has 6 heteroatoms. The van der Waals surface area contributed by atoms with Crippen LogP contribution in [0.25, 0.3) is 5.57 Å². The molecule has 1 aliphatic heterocycles. The Morgan fingerprint density at radius 1 is 0.879 bits per heavy atom. The molecule has 1 aliphatic rings. The number of ether oxygens (including phenoxy) is 2. The zero-order valence-electron chi connectivity index (χ0n) is 19.1. The van der Waals surface area contributed by atoms with E-state index in [1.807, 2.05) is 45.0 Å². The van der Waals surface area contributed by atoms with E-state index in [9.17, 15) is 9.59 Å². The maximum Gasteiger partial charge on any atom is 0.282 e. The molecule has 4 rings (SSSR count). The van der Waals surface area contributed by atoms with Crippen molar-refractivity contribution in [2.24, 2.45) is 0 Å². The van der Waals surface area contributed by atoms with Crippen molar-refractivity contribution in [3.63, 3.8) is 0 Å². The minimum atomic E-state index is -0.432. The number of nitrogens with zero attached hydrogens (tertiary/aromatic N) is 1. The molecule has 0 bridgehead atoms. The summed E-state index contributed by atoms with van der Waals surface area (Å²) in [5.74, 6) is 0.298. The highest BCUT2D eigenvalue weighted by Crippen LogP contribution is 2.38. The smallest absolute Gasteiger partial charge is 0.282 e. The van der Waals surface area contributed by atoms with Crippen LogP contribution >= 0.6 is 0 Å². The van der Waals surface area contributed by atoms with E-state index < -0.39 is 11.8 Å². The average molecular weight is 443 g/mol. The summed E-state index contributed by atoms with van der Waals surface area (Å²) in [5, 5.41) is 3.25. The first-order chi connectivity index (χ1) is 16.0. The Morgan fingerprint density at radius 2 is 1.61 bits per heavy atom. The highest BCUT2D eigenvalue weighted by atomic mass is 16.5. The molecular formula is C27H26N2O4. The Kier molecular flexibility index (Phi) is 6.18. The van der Waals surface area contributed by atoms with E-state index in [-0.39, 0.29) is 5.70 Å². The van der Waals surface area contributed by atoms with Gasteiger partial charge < -0.3 is 14.8 Å². The molecule has 0 saturated heterocycles. The molecule has 6 nitrogen and oxygen atoms in total. The van der Waals surface area contributed by atoms with Gasteiger partial charge in [-0.1, -0.05) is 36.4 Å². The number of amides is 2. The highest BCUT2D eigenvalue weighted by molar-refractivity contribution is 6.46. The topological polar surface area (TPSA) is 67.9 Å². The molecule has 3 aromatic rings. The normalized spacial score (nSPS) is 13.5. The summed E-state index contributed by atoms with van der Waals surface area (Å²) in [6.45, 7) is 6.26. The second-order valence-corrected chi connectivity index (χ2v) is 7.70. The fraction of sp³-hybridized carbons (Fsp3) is 0.185. The van der Waals surface area contributed by atoms with Gasteiger partial charge in [0.25, 0.3) is 11.8 Å². The molecular weight excluding hydrogens is 416 g/mol. The van der Waals surface area contributed by atoms with Crippen LogP contribution in [0.15, 0.2) is 72.4 Å². The molecule has 0 radical (unpaired) electrons. The van der Waals surface area contributed by atoms with Gasteiger partial charge in [0, 0.05) is 5.69 Å². The van der Waals surface area contributed by atoms with Crippen molar-refractivity contribution in [2.75, 3.05) is 23.9 Å². The molecule has 1 heterocycles. The first kappa shape index (κ1) is 22.1. The number of imide groups is 1. The molecule has 2 amide bonds. The van der Waals surface area contributed by atoms with Crippen LogP contribution in [0.1, 0.15) is 23.6 Å². The van der Waals surface area contributed by atoms with Crippen molar-refractivity contribution in [3.05, 3.63) is 89.1 Å².